The van der Waals surface area contributed by atoms with E-state index in [1.54, 1.807) is 17.4 Å². The minimum absolute atomic E-state index is 0.0854. The first kappa shape index (κ1) is 20.4. The predicted octanol–water partition coefficient (Wildman–Crippen LogP) is 4.85. The highest BCUT2D eigenvalue weighted by Crippen LogP contribution is 2.49. The minimum Gasteiger partial charge on any atom is -0.465 e. The van der Waals surface area contributed by atoms with E-state index in [1.807, 2.05) is 12.1 Å². The third-order valence-electron chi connectivity index (χ3n) is 5.50. The molecule has 0 N–H and O–H groups in total. The van der Waals surface area contributed by atoms with Gasteiger partial charge in [-0.2, -0.15) is 0 Å². The highest BCUT2D eigenvalue weighted by atomic mass is 35.5. The summed E-state index contributed by atoms with van der Waals surface area (Å²) < 4.78 is 10.3. The van der Waals surface area contributed by atoms with Crippen LogP contribution in [0.5, 0.6) is 0 Å². The number of carbonyl (C=O) groups is 2. The maximum Gasteiger partial charge on any atom is 0.339 e. The van der Waals surface area contributed by atoms with Crippen LogP contribution in [0.3, 0.4) is 0 Å². The normalized spacial score (nSPS) is 18.5. The Balaban J connectivity index is 1.88. The van der Waals surface area contributed by atoms with Crippen molar-refractivity contribution in [3.63, 3.8) is 0 Å². The standard InChI is InChI=1S/C22H24ClNO4S/c1-22(2)11-15-18(13-4-5-14(16(23)10-13)21(26)27-3)20(24-6-8-28-9-7-24)29-19(15)17(25)12-22/h4-5,10H,6-9,11-12H2,1-3H3. The second kappa shape index (κ2) is 7.74. The molecule has 1 aliphatic carbocycles. The Labute approximate surface area is 179 Å². The fraction of sp³-hybridized carbons (Fsp3) is 0.455. The van der Waals surface area contributed by atoms with E-state index in [0.29, 0.717) is 30.2 Å². The van der Waals surface area contributed by atoms with Gasteiger partial charge >= 0.3 is 5.97 Å². The van der Waals surface area contributed by atoms with Crippen molar-refractivity contribution in [3.8, 4) is 11.1 Å². The number of carbonyl (C=O) groups excluding carboxylic acids is 2. The van der Waals surface area contributed by atoms with Crippen LogP contribution in [0.2, 0.25) is 5.02 Å². The zero-order valence-electron chi connectivity index (χ0n) is 16.8. The SMILES string of the molecule is COC(=O)c1ccc(-c2c(N3CCOCC3)sc3c2CC(C)(C)CC3=O)cc1Cl. The summed E-state index contributed by atoms with van der Waals surface area (Å²) in [6.07, 6.45) is 1.39. The first-order chi connectivity index (χ1) is 13.8. The number of esters is 1. The van der Waals surface area contributed by atoms with Crippen LogP contribution in [0.25, 0.3) is 11.1 Å². The number of hydrogen-bond donors (Lipinski definition) is 0. The molecule has 0 saturated carbocycles. The lowest BCUT2D eigenvalue weighted by molar-refractivity contribution is 0.0600. The zero-order chi connectivity index (χ0) is 20.8. The van der Waals surface area contributed by atoms with Crippen LogP contribution in [0.4, 0.5) is 5.00 Å². The van der Waals surface area contributed by atoms with Crippen molar-refractivity contribution in [1.29, 1.82) is 0 Å². The van der Waals surface area contributed by atoms with Crippen molar-refractivity contribution >= 4 is 39.7 Å². The maximum absolute atomic E-state index is 12.9. The number of Topliss-reactive ketones (excluding diaryl/α,β-unsaturated/α-hetero) is 1. The summed E-state index contributed by atoms with van der Waals surface area (Å²) in [6.45, 7) is 7.19. The van der Waals surface area contributed by atoms with Crippen LogP contribution in [-0.4, -0.2) is 45.2 Å². The smallest absolute Gasteiger partial charge is 0.339 e. The number of fused-ring (bicyclic) bond motifs is 1. The first-order valence-corrected chi connectivity index (χ1v) is 10.9. The second-order valence-electron chi connectivity index (χ2n) is 8.32. The van der Waals surface area contributed by atoms with Gasteiger partial charge in [-0.15, -0.1) is 11.3 Å². The molecule has 2 heterocycles. The lowest BCUT2D eigenvalue weighted by atomic mass is 9.75. The Morgan fingerprint density at radius 2 is 1.97 bits per heavy atom. The van der Waals surface area contributed by atoms with Gasteiger partial charge in [0.2, 0.25) is 0 Å². The Bertz CT molecular complexity index is 975. The predicted molar refractivity (Wildman–Crippen MR) is 116 cm³/mol. The quantitative estimate of drug-likeness (QED) is 0.648. The molecular formula is C22H24ClNO4S. The van der Waals surface area contributed by atoms with Gasteiger partial charge in [0, 0.05) is 25.1 Å². The molecule has 1 saturated heterocycles. The van der Waals surface area contributed by atoms with Crippen LogP contribution >= 0.6 is 22.9 Å². The summed E-state index contributed by atoms with van der Waals surface area (Å²) in [7, 11) is 1.34. The van der Waals surface area contributed by atoms with Gasteiger partial charge in [-0.25, -0.2) is 4.79 Å². The van der Waals surface area contributed by atoms with E-state index in [9.17, 15) is 9.59 Å². The second-order valence-corrected chi connectivity index (χ2v) is 9.72. The topological polar surface area (TPSA) is 55.8 Å². The molecule has 0 unspecified atom stereocenters. The number of morpholine rings is 1. The summed E-state index contributed by atoms with van der Waals surface area (Å²) in [6, 6.07) is 5.41. The molecule has 0 bridgehead atoms. The lowest BCUT2D eigenvalue weighted by Crippen LogP contribution is -2.36. The van der Waals surface area contributed by atoms with Gasteiger partial charge in [-0.05, 0) is 35.1 Å². The molecule has 2 aliphatic rings. The highest BCUT2D eigenvalue weighted by molar-refractivity contribution is 7.19. The van der Waals surface area contributed by atoms with E-state index in [4.69, 9.17) is 21.1 Å². The molecule has 0 atom stereocenters. The Morgan fingerprint density at radius 3 is 2.62 bits per heavy atom. The number of methoxy groups -OCH3 is 1. The third-order valence-corrected chi connectivity index (χ3v) is 7.14. The number of hydrogen-bond acceptors (Lipinski definition) is 6. The van der Waals surface area contributed by atoms with E-state index in [0.717, 1.165) is 46.1 Å². The van der Waals surface area contributed by atoms with E-state index in [1.165, 1.54) is 7.11 Å². The number of ether oxygens (including phenoxy) is 2. The molecule has 2 aromatic rings. The fourth-order valence-corrected chi connectivity index (χ4v) is 5.72. The number of rotatable bonds is 3. The number of anilines is 1. The Morgan fingerprint density at radius 1 is 1.24 bits per heavy atom. The van der Waals surface area contributed by atoms with Crippen LogP contribution in [0.1, 0.15) is 45.9 Å². The van der Waals surface area contributed by atoms with Gasteiger partial charge in [0.25, 0.3) is 0 Å². The van der Waals surface area contributed by atoms with Crippen molar-refractivity contribution < 1.29 is 19.1 Å². The summed E-state index contributed by atoms with van der Waals surface area (Å²) in [5.41, 5.74) is 3.34. The molecule has 1 aliphatic heterocycles. The molecule has 1 aromatic carbocycles. The van der Waals surface area contributed by atoms with E-state index in [2.05, 4.69) is 18.7 Å². The van der Waals surface area contributed by atoms with Crippen LogP contribution in [-0.2, 0) is 15.9 Å². The lowest BCUT2D eigenvalue weighted by Gasteiger charge is -2.30. The highest BCUT2D eigenvalue weighted by Gasteiger charge is 2.37. The Hall–Kier alpha value is -1.89. The van der Waals surface area contributed by atoms with Crippen molar-refractivity contribution in [3.05, 3.63) is 39.2 Å². The van der Waals surface area contributed by atoms with Crippen LogP contribution < -0.4 is 4.90 Å². The average molecular weight is 434 g/mol. The zero-order valence-corrected chi connectivity index (χ0v) is 18.4. The van der Waals surface area contributed by atoms with E-state index in [-0.39, 0.29) is 11.2 Å². The molecule has 0 spiro atoms. The largest absolute Gasteiger partial charge is 0.465 e. The van der Waals surface area contributed by atoms with E-state index < -0.39 is 5.97 Å². The fourth-order valence-electron chi connectivity index (χ4n) is 4.13. The summed E-state index contributed by atoms with van der Waals surface area (Å²) in [4.78, 5) is 28.0. The molecule has 154 valence electrons. The van der Waals surface area contributed by atoms with Crippen molar-refractivity contribution in [1.82, 2.24) is 0 Å². The molecule has 0 radical (unpaired) electrons. The first-order valence-electron chi connectivity index (χ1n) is 9.70. The van der Waals surface area contributed by atoms with Gasteiger partial charge in [0.05, 0.1) is 40.8 Å². The van der Waals surface area contributed by atoms with Gasteiger partial charge in [-0.1, -0.05) is 31.5 Å². The maximum atomic E-state index is 12.9. The number of nitrogens with zero attached hydrogens (tertiary/aromatic N) is 1. The van der Waals surface area contributed by atoms with Gasteiger partial charge in [-0.3, -0.25) is 4.79 Å². The summed E-state index contributed by atoms with van der Waals surface area (Å²) in [5, 5.41) is 1.44. The molecule has 4 rings (SSSR count). The minimum atomic E-state index is -0.460. The molecule has 7 heteroatoms. The van der Waals surface area contributed by atoms with Gasteiger partial charge in [0.1, 0.15) is 0 Å². The summed E-state index contributed by atoms with van der Waals surface area (Å²) >= 11 is 8.01. The van der Waals surface area contributed by atoms with Gasteiger partial charge < -0.3 is 14.4 Å². The monoisotopic (exact) mass is 433 g/mol. The average Bonchev–Trinajstić information content (AvgIpc) is 3.06. The van der Waals surface area contributed by atoms with Crippen molar-refractivity contribution in [2.24, 2.45) is 5.41 Å². The number of benzene rings is 1. The molecule has 1 aromatic heterocycles. The van der Waals surface area contributed by atoms with Crippen LogP contribution in [0.15, 0.2) is 18.2 Å². The number of ketones is 1. The van der Waals surface area contributed by atoms with Crippen molar-refractivity contribution in [2.45, 2.75) is 26.7 Å². The number of thiophene rings is 1. The van der Waals surface area contributed by atoms with Crippen LogP contribution in [0, 0.1) is 5.41 Å². The molecule has 0 amide bonds. The molecule has 1 fully saturated rings. The van der Waals surface area contributed by atoms with Crippen molar-refractivity contribution in [2.75, 3.05) is 38.3 Å². The van der Waals surface area contributed by atoms with E-state index >= 15 is 0 Å². The number of halogens is 1. The van der Waals surface area contributed by atoms with Gasteiger partial charge in [0.15, 0.2) is 5.78 Å². The molecule has 29 heavy (non-hydrogen) atoms. The summed E-state index contributed by atoms with van der Waals surface area (Å²) in [5.74, 6) is -0.252. The Kier molecular flexibility index (Phi) is 5.44. The third kappa shape index (κ3) is 3.81. The molecule has 5 nitrogen and oxygen atoms in total. The molecular weight excluding hydrogens is 410 g/mol.